The number of nitrogens with one attached hydrogen (secondary N) is 2. The maximum atomic E-state index is 12.2. The molecule has 1 amide bonds. The number of hydrogen-bond donors (Lipinski definition) is 3. The number of carboxylic acid groups (broad SMARTS) is 1. The van der Waals surface area contributed by atoms with Crippen LogP contribution >= 0.6 is 31.9 Å². The van der Waals surface area contributed by atoms with Gasteiger partial charge in [-0.25, -0.2) is 9.78 Å². The molecule has 1 heterocycles. The quantitative estimate of drug-likeness (QED) is 0.697. The molecule has 2 aromatic rings. The summed E-state index contributed by atoms with van der Waals surface area (Å²) in [6.45, 7) is 0. The molecule has 1 atom stereocenters. The summed E-state index contributed by atoms with van der Waals surface area (Å²) < 4.78 is 1.45. The van der Waals surface area contributed by atoms with Crippen molar-refractivity contribution in [3.8, 4) is 0 Å². The number of H-pyrrole nitrogens is 1. The minimum atomic E-state index is -1.10. The van der Waals surface area contributed by atoms with Crippen LogP contribution in [-0.4, -0.2) is 33.0 Å². The fourth-order valence-corrected chi connectivity index (χ4v) is 3.04. The van der Waals surface area contributed by atoms with Gasteiger partial charge in [0, 0.05) is 32.8 Å². The van der Waals surface area contributed by atoms with E-state index in [2.05, 4.69) is 47.1 Å². The zero-order chi connectivity index (χ0) is 15.4. The standard InChI is InChI=1S/C13H11Br2N3O3/c14-8-1-7(2-9(15)3-8)12(19)18-11(13(20)21)4-10-5-16-6-17-10/h1-3,5-6,11H,4H2,(H,16,17)(H,18,19)(H,20,21). The van der Waals surface area contributed by atoms with E-state index in [1.165, 1.54) is 12.5 Å². The largest absolute Gasteiger partial charge is 0.480 e. The molecule has 110 valence electrons. The Morgan fingerprint density at radius 3 is 2.48 bits per heavy atom. The number of nitrogens with zero attached hydrogens (tertiary/aromatic N) is 1. The van der Waals surface area contributed by atoms with Crippen molar-refractivity contribution in [3.05, 3.63) is 50.9 Å². The molecule has 0 aliphatic carbocycles. The molecule has 0 spiro atoms. The summed E-state index contributed by atoms with van der Waals surface area (Å²) in [4.78, 5) is 30.0. The number of carbonyl (C=O) groups excluding carboxylic acids is 1. The SMILES string of the molecule is O=C(NC(Cc1cnc[nH]1)C(=O)O)c1cc(Br)cc(Br)c1. The van der Waals surface area contributed by atoms with Crippen molar-refractivity contribution in [2.75, 3.05) is 0 Å². The van der Waals surface area contributed by atoms with E-state index < -0.39 is 17.9 Å². The number of carbonyl (C=O) groups is 2. The molecular formula is C13H11Br2N3O3. The lowest BCUT2D eigenvalue weighted by Crippen LogP contribution is -2.42. The minimum Gasteiger partial charge on any atom is -0.480 e. The third kappa shape index (κ3) is 4.40. The van der Waals surface area contributed by atoms with Gasteiger partial charge in [-0.1, -0.05) is 31.9 Å². The van der Waals surface area contributed by atoms with E-state index in [1.54, 1.807) is 18.2 Å². The summed E-state index contributed by atoms with van der Waals surface area (Å²) in [6.07, 6.45) is 3.12. The Balaban J connectivity index is 2.12. The lowest BCUT2D eigenvalue weighted by Gasteiger charge is -2.14. The van der Waals surface area contributed by atoms with Crippen LogP contribution in [-0.2, 0) is 11.2 Å². The van der Waals surface area contributed by atoms with Gasteiger partial charge in [0.25, 0.3) is 5.91 Å². The molecule has 0 aliphatic rings. The second-order valence-electron chi connectivity index (χ2n) is 4.30. The third-order valence-corrected chi connectivity index (χ3v) is 3.62. The second kappa shape index (κ2) is 6.86. The number of benzene rings is 1. The molecule has 1 unspecified atom stereocenters. The van der Waals surface area contributed by atoms with E-state index in [0.717, 1.165) is 8.95 Å². The molecule has 0 saturated heterocycles. The summed E-state index contributed by atoms with van der Waals surface area (Å²) in [5, 5.41) is 11.7. The molecule has 21 heavy (non-hydrogen) atoms. The number of aromatic amines is 1. The predicted octanol–water partition coefficient (Wildman–Crippen LogP) is 2.36. The lowest BCUT2D eigenvalue weighted by atomic mass is 10.1. The number of halogens is 2. The van der Waals surface area contributed by atoms with Crippen molar-refractivity contribution in [1.29, 1.82) is 0 Å². The van der Waals surface area contributed by atoms with Gasteiger partial charge in [-0.3, -0.25) is 4.79 Å². The molecule has 2 rings (SSSR count). The molecule has 1 aromatic carbocycles. The third-order valence-electron chi connectivity index (χ3n) is 2.71. The first-order chi connectivity index (χ1) is 9.95. The number of carboxylic acids is 1. The molecule has 0 aliphatic heterocycles. The highest BCUT2D eigenvalue weighted by atomic mass is 79.9. The number of amides is 1. The van der Waals surface area contributed by atoms with E-state index in [0.29, 0.717) is 11.3 Å². The monoisotopic (exact) mass is 415 g/mol. The highest BCUT2D eigenvalue weighted by Crippen LogP contribution is 2.20. The molecule has 6 nitrogen and oxygen atoms in total. The molecule has 1 aromatic heterocycles. The summed E-state index contributed by atoms with van der Waals surface area (Å²) in [5.74, 6) is -1.56. The average molecular weight is 417 g/mol. The Morgan fingerprint density at radius 2 is 1.95 bits per heavy atom. The fraction of sp³-hybridized carbons (Fsp3) is 0.154. The van der Waals surface area contributed by atoms with E-state index in [9.17, 15) is 14.7 Å². The van der Waals surface area contributed by atoms with Crippen LogP contribution in [0.1, 0.15) is 16.1 Å². The van der Waals surface area contributed by atoms with E-state index in [4.69, 9.17) is 0 Å². The predicted molar refractivity (Wildman–Crippen MR) is 83.0 cm³/mol. The number of aromatic nitrogens is 2. The highest BCUT2D eigenvalue weighted by Gasteiger charge is 2.22. The highest BCUT2D eigenvalue weighted by molar-refractivity contribution is 9.11. The molecule has 0 fully saturated rings. The van der Waals surface area contributed by atoms with Crippen LogP contribution in [0.5, 0.6) is 0 Å². The average Bonchev–Trinajstić information content (AvgIpc) is 2.89. The normalized spacial score (nSPS) is 11.9. The molecule has 0 radical (unpaired) electrons. The van der Waals surface area contributed by atoms with Crippen molar-refractivity contribution >= 4 is 43.7 Å². The van der Waals surface area contributed by atoms with Gasteiger partial charge in [-0.05, 0) is 18.2 Å². The number of rotatable bonds is 5. The van der Waals surface area contributed by atoms with Crippen molar-refractivity contribution < 1.29 is 14.7 Å². The summed E-state index contributed by atoms with van der Waals surface area (Å²) >= 11 is 6.57. The Morgan fingerprint density at radius 1 is 1.29 bits per heavy atom. The Labute approximate surface area is 137 Å². The van der Waals surface area contributed by atoms with E-state index in [-0.39, 0.29) is 6.42 Å². The van der Waals surface area contributed by atoms with Gasteiger partial charge in [-0.2, -0.15) is 0 Å². The maximum absolute atomic E-state index is 12.2. The molecule has 0 bridgehead atoms. The van der Waals surface area contributed by atoms with Crippen molar-refractivity contribution in [1.82, 2.24) is 15.3 Å². The van der Waals surface area contributed by atoms with Crippen LogP contribution < -0.4 is 5.32 Å². The minimum absolute atomic E-state index is 0.135. The van der Waals surface area contributed by atoms with Gasteiger partial charge in [-0.15, -0.1) is 0 Å². The molecule has 0 saturated carbocycles. The molecule has 8 heteroatoms. The Hall–Kier alpha value is -1.67. The Kier molecular flexibility index (Phi) is 5.13. The van der Waals surface area contributed by atoms with Gasteiger partial charge in [0.1, 0.15) is 6.04 Å². The van der Waals surface area contributed by atoms with Gasteiger partial charge in [0.2, 0.25) is 0 Å². The summed E-state index contributed by atoms with van der Waals surface area (Å²) in [7, 11) is 0. The van der Waals surface area contributed by atoms with Crippen molar-refractivity contribution in [2.24, 2.45) is 0 Å². The van der Waals surface area contributed by atoms with Crippen LogP contribution in [0.3, 0.4) is 0 Å². The Bertz CT molecular complexity index is 638. The fourth-order valence-electron chi connectivity index (χ4n) is 1.74. The number of aliphatic carboxylic acids is 1. The van der Waals surface area contributed by atoms with Crippen LogP contribution in [0.25, 0.3) is 0 Å². The lowest BCUT2D eigenvalue weighted by molar-refractivity contribution is -0.139. The van der Waals surface area contributed by atoms with E-state index >= 15 is 0 Å². The van der Waals surface area contributed by atoms with Gasteiger partial charge in [0.05, 0.1) is 6.33 Å². The van der Waals surface area contributed by atoms with Crippen molar-refractivity contribution in [3.63, 3.8) is 0 Å². The van der Waals surface area contributed by atoms with Crippen LogP contribution in [0.4, 0.5) is 0 Å². The topological polar surface area (TPSA) is 95.1 Å². The first-order valence-electron chi connectivity index (χ1n) is 5.92. The van der Waals surface area contributed by atoms with E-state index in [1.807, 2.05) is 0 Å². The molecular weight excluding hydrogens is 406 g/mol. The van der Waals surface area contributed by atoms with Gasteiger partial charge in [0.15, 0.2) is 0 Å². The van der Waals surface area contributed by atoms with Crippen LogP contribution in [0.15, 0.2) is 39.7 Å². The maximum Gasteiger partial charge on any atom is 0.326 e. The van der Waals surface area contributed by atoms with Crippen LogP contribution in [0.2, 0.25) is 0 Å². The number of hydrogen-bond acceptors (Lipinski definition) is 3. The van der Waals surface area contributed by atoms with Gasteiger partial charge >= 0.3 is 5.97 Å². The summed E-state index contributed by atoms with van der Waals surface area (Å²) in [6, 6.07) is 4.00. The van der Waals surface area contributed by atoms with Gasteiger partial charge < -0.3 is 15.4 Å². The summed E-state index contributed by atoms with van der Waals surface area (Å²) in [5.41, 5.74) is 1.00. The zero-order valence-electron chi connectivity index (χ0n) is 10.6. The first kappa shape index (κ1) is 15.7. The number of imidazole rings is 1. The van der Waals surface area contributed by atoms with Crippen LogP contribution in [0, 0.1) is 0 Å². The smallest absolute Gasteiger partial charge is 0.326 e. The molecule has 3 N–H and O–H groups in total. The second-order valence-corrected chi connectivity index (χ2v) is 6.13. The first-order valence-corrected chi connectivity index (χ1v) is 7.51. The zero-order valence-corrected chi connectivity index (χ0v) is 13.8. The van der Waals surface area contributed by atoms with Crippen molar-refractivity contribution in [2.45, 2.75) is 12.5 Å².